The van der Waals surface area contributed by atoms with E-state index in [2.05, 4.69) is 0 Å². The molecule has 1 aliphatic heterocycles. The predicted octanol–water partition coefficient (Wildman–Crippen LogP) is 9.38. The van der Waals surface area contributed by atoms with Gasteiger partial charge in [0.2, 0.25) is 0 Å². The summed E-state index contributed by atoms with van der Waals surface area (Å²) in [5.74, 6) is -0.158. The molecule has 0 radical (unpaired) electrons. The minimum Gasteiger partial charge on any atom is -0.456 e. The van der Waals surface area contributed by atoms with E-state index in [4.69, 9.17) is 29.4 Å². The molecule has 2 heterocycles. The second-order valence-electron chi connectivity index (χ2n) is 8.02. The molecule has 168 valence electrons. The van der Waals surface area contributed by atoms with Crippen molar-refractivity contribution >= 4 is 32.6 Å². The molecule has 6 aromatic carbocycles. The zero-order valence-corrected chi connectivity index (χ0v) is 18.1. The zero-order valence-electron chi connectivity index (χ0n) is 36.1. The largest absolute Gasteiger partial charge is 0.456 e. The molecule has 7 aromatic rings. The number of hydrogen-bond donors (Lipinski definition) is 0. The number of fused-ring (bicyclic) bond motifs is 5. The van der Waals surface area contributed by atoms with Crippen LogP contribution in [0.4, 0.5) is 0 Å². The summed E-state index contributed by atoms with van der Waals surface area (Å²) < 4.78 is 163. The predicted molar refractivity (Wildman–Crippen MR) is 149 cm³/mol. The van der Waals surface area contributed by atoms with E-state index in [0.29, 0.717) is 0 Å². The number of rotatable bonds is 2. The van der Waals surface area contributed by atoms with Crippen molar-refractivity contribution in [2.45, 2.75) is 0 Å². The summed E-state index contributed by atoms with van der Waals surface area (Å²) in [5, 5.41) is -0.657. The Morgan fingerprint density at radius 1 is 0.556 bits per heavy atom. The summed E-state index contributed by atoms with van der Waals surface area (Å²) in [6.07, 6.45) is 0. The molecule has 0 N–H and O–H groups in total. The van der Waals surface area contributed by atoms with Crippen LogP contribution in [-0.2, 0) is 0 Å². The first kappa shape index (κ1) is 9.00. The Labute approximate surface area is 233 Å². The number of ether oxygens (including phenoxy) is 1. The third-order valence-electron chi connectivity index (χ3n) is 6.15. The lowest BCUT2D eigenvalue weighted by atomic mass is 9.91. The molecule has 1 aromatic heterocycles. The summed E-state index contributed by atoms with van der Waals surface area (Å²) >= 11 is 0. The molecule has 1 aliphatic rings. The SMILES string of the molecule is [2H]c1c([2H])c([2H])c(-n2c3c([2H])c([2H])c([2H])c([2H])c3c3c(-c4ccc5c(c4)-c4c([2H])c([2H])c([2H])c6c([2H])c([2H])c([2H])c(c46)O5)c([2H])c([2H])c([2H])c32)c([2H])c1[2H]. The first-order chi connectivity index (χ1) is 25.3. The third kappa shape index (κ3) is 2.67. The first-order valence-corrected chi connectivity index (χ1v) is 10.8. The van der Waals surface area contributed by atoms with Crippen LogP contribution in [0.15, 0.2) is 127 Å². The highest BCUT2D eigenvalue weighted by Gasteiger charge is 2.21. The van der Waals surface area contributed by atoms with Crippen LogP contribution in [0.5, 0.6) is 11.5 Å². The van der Waals surface area contributed by atoms with E-state index in [9.17, 15) is 0 Å². The second kappa shape index (κ2) is 7.34. The molecule has 0 unspecified atom stereocenters. The minimum atomic E-state index is -0.763. The molecule has 0 atom stereocenters. The van der Waals surface area contributed by atoms with Crippen molar-refractivity contribution in [3.05, 3.63) is 127 Å². The van der Waals surface area contributed by atoms with Gasteiger partial charge in [-0.1, -0.05) is 84.6 Å². The number of para-hydroxylation sites is 2. The van der Waals surface area contributed by atoms with Crippen molar-refractivity contribution in [2.24, 2.45) is 0 Å². The van der Waals surface area contributed by atoms with Crippen molar-refractivity contribution < 1.29 is 29.4 Å². The van der Waals surface area contributed by atoms with Crippen molar-refractivity contribution in [3.8, 4) is 39.4 Å². The molecule has 2 nitrogen and oxygen atoms in total. The van der Waals surface area contributed by atoms with Crippen LogP contribution in [-0.4, -0.2) is 4.57 Å². The summed E-state index contributed by atoms with van der Waals surface area (Å²) in [6, 6.07) is -7.33. The van der Waals surface area contributed by atoms with Crippen LogP contribution >= 0.6 is 0 Å². The topological polar surface area (TPSA) is 14.2 Å². The van der Waals surface area contributed by atoms with E-state index in [1.165, 1.54) is 18.2 Å². The highest BCUT2D eigenvalue weighted by molar-refractivity contribution is 6.16. The lowest BCUT2D eigenvalue weighted by Gasteiger charge is -2.22. The fraction of sp³-hybridized carbons (Fsp3) is 0. The fourth-order valence-corrected chi connectivity index (χ4v) is 4.67. The molecule has 0 saturated heterocycles. The van der Waals surface area contributed by atoms with Gasteiger partial charge < -0.3 is 9.30 Å². The number of nitrogens with zero attached hydrogens (tertiary/aromatic N) is 1. The Morgan fingerprint density at radius 2 is 1.31 bits per heavy atom. The van der Waals surface area contributed by atoms with Crippen LogP contribution in [0, 0.1) is 0 Å². The van der Waals surface area contributed by atoms with Crippen molar-refractivity contribution in [1.29, 1.82) is 0 Å². The molecule has 0 amide bonds. The van der Waals surface area contributed by atoms with Crippen molar-refractivity contribution in [2.75, 3.05) is 0 Å². The first-order valence-electron chi connectivity index (χ1n) is 19.8. The average molecular weight is 478 g/mol. The lowest BCUT2D eigenvalue weighted by molar-refractivity contribution is 0.487. The molecule has 0 spiro atoms. The Bertz CT molecular complexity index is 2920. The van der Waals surface area contributed by atoms with E-state index in [1.54, 1.807) is 0 Å². The Balaban J connectivity index is 1.59. The quantitative estimate of drug-likeness (QED) is 0.242. The molecule has 2 heteroatoms. The molecule has 0 saturated carbocycles. The molecule has 0 aliphatic carbocycles. The molecular weight excluding hydrogens is 438 g/mol. The molecule has 0 fully saturated rings. The Hall–Kier alpha value is -4.82. The van der Waals surface area contributed by atoms with E-state index in [1.807, 2.05) is 0 Å². The van der Waals surface area contributed by atoms with Gasteiger partial charge in [0, 0.05) is 27.4 Å². The molecule has 0 bridgehead atoms. The van der Waals surface area contributed by atoms with Crippen molar-refractivity contribution in [3.63, 3.8) is 0 Å². The Morgan fingerprint density at radius 3 is 2.22 bits per heavy atom. The average Bonchev–Trinajstić information content (AvgIpc) is 3.49. The minimum absolute atomic E-state index is 0.0134. The van der Waals surface area contributed by atoms with Crippen LogP contribution < -0.4 is 4.74 Å². The highest BCUT2D eigenvalue weighted by Crippen LogP contribution is 2.48. The lowest BCUT2D eigenvalue weighted by Crippen LogP contribution is -1.97. The van der Waals surface area contributed by atoms with Gasteiger partial charge in [-0.3, -0.25) is 0 Å². The van der Waals surface area contributed by atoms with Gasteiger partial charge in [0.05, 0.1) is 35.7 Å². The van der Waals surface area contributed by atoms with Crippen LogP contribution in [0.25, 0.3) is 60.5 Å². The summed E-state index contributed by atoms with van der Waals surface area (Å²) in [6.45, 7) is 0. The van der Waals surface area contributed by atoms with Crippen LogP contribution in [0.3, 0.4) is 0 Å². The van der Waals surface area contributed by atoms with E-state index in [-0.39, 0.29) is 66.3 Å². The van der Waals surface area contributed by atoms with Crippen LogP contribution in [0.1, 0.15) is 24.7 Å². The fourth-order valence-electron chi connectivity index (χ4n) is 4.67. The summed E-state index contributed by atoms with van der Waals surface area (Å²) in [7, 11) is 0. The van der Waals surface area contributed by atoms with Crippen LogP contribution in [0.2, 0.25) is 0 Å². The molecule has 8 rings (SSSR count). The number of hydrogen-bond acceptors (Lipinski definition) is 1. The zero-order chi connectivity index (χ0) is 39.3. The number of benzene rings is 6. The highest BCUT2D eigenvalue weighted by atomic mass is 16.5. The molecular formula is C34H21NO. The standard InChI is InChI=1S/C34H21NO/c1-2-11-24(12-3-1)35-29-16-5-4-13-27(29)34-25(14-8-17-30(34)35)23-19-20-31-28(21-23)26-15-6-9-22-10-7-18-32(36-31)33(22)26/h1-21H/i1D,2D,3D,4D,5D,6D,7D,8D,9D,10D,11D,12D,13D,14D,15D,16D,17D,18D. The van der Waals surface area contributed by atoms with E-state index >= 15 is 0 Å². The molecule has 36 heavy (non-hydrogen) atoms. The second-order valence-corrected chi connectivity index (χ2v) is 8.02. The van der Waals surface area contributed by atoms with Gasteiger partial charge in [-0.15, -0.1) is 0 Å². The number of aromatic nitrogens is 1. The van der Waals surface area contributed by atoms with Gasteiger partial charge in [-0.2, -0.15) is 0 Å². The van der Waals surface area contributed by atoms with E-state index in [0.717, 1.165) is 4.57 Å². The smallest absolute Gasteiger partial charge is 0.135 e. The maximum absolute atomic E-state index is 9.14. The van der Waals surface area contributed by atoms with E-state index < -0.39 is 114 Å². The van der Waals surface area contributed by atoms with Gasteiger partial charge in [-0.25, -0.2) is 0 Å². The van der Waals surface area contributed by atoms with Gasteiger partial charge in [-0.05, 0) is 64.4 Å². The van der Waals surface area contributed by atoms with Gasteiger partial charge in [0.15, 0.2) is 0 Å². The maximum atomic E-state index is 9.14. The van der Waals surface area contributed by atoms with Gasteiger partial charge >= 0.3 is 0 Å². The summed E-state index contributed by atoms with van der Waals surface area (Å²) in [5.41, 5.74) is -1.26. The third-order valence-corrected chi connectivity index (χ3v) is 6.15. The maximum Gasteiger partial charge on any atom is 0.135 e. The normalized spacial score (nSPS) is 19.1. The summed E-state index contributed by atoms with van der Waals surface area (Å²) in [4.78, 5) is 0. The van der Waals surface area contributed by atoms with Gasteiger partial charge in [0.1, 0.15) is 11.5 Å². The Kier molecular flexibility index (Phi) is 1.83. The van der Waals surface area contributed by atoms with Crippen molar-refractivity contribution in [1.82, 2.24) is 4.57 Å². The van der Waals surface area contributed by atoms with Gasteiger partial charge in [0.25, 0.3) is 0 Å². The monoisotopic (exact) mass is 477 g/mol.